The second-order valence-corrected chi connectivity index (χ2v) is 7.72. The lowest BCUT2D eigenvalue weighted by atomic mass is 10.2. The van der Waals surface area contributed by atoms with E-state index in [1.54, 1.807) is 29.1 Å². The fourth-order valence-electron chi connectivity index (χ4n) is 3.77. The van der Waals surface area contributed by atoms with Crippen LogP contribution < -0.4 is 10.1 Å². The quantitative estimate of drug-likeness (QED) is 0.464. The van der Waals surface area contributed by atoms with E-state index >= 15 is 0 Å². The lowest BCUT2D eigenvalue weighted by Gasteiger charge is -2.17. The van der Waals surface area contributed by atoms with Gasteiger partial charge in [0.25, 0.3) is 0 Å². The number of esters is 2. The number of anilines is 1. The van der Waals surface area contributed by atoms with E-state index in [-0.39, 0.29) is 12.4 Å². The maximum Gasteiger partial charge on any atom is 0.303 e. The molecule has 12 heteroatoms. The first-order valence-electron chi connectivity index (χ1n) is 10.6. The lowest BCUT2D eigenvalue weighted by Crippen LogP contribution is -2.31. The zero-order valence-electron chi connectivity index (χ0n) is 18.9. The van der Waals surface area contributed by atoms with Gasteiger partial charge in [-0.15, -0.1) is 0 Å². The Balaban J connectivity index is 1.53. The summed E-state index contributed by atoms with van der Waals surface area (Å²) in [5.74, 6) is 0.0564. The molecule has 0 radical (unpaired) electrons. The number of aromatic hydroxyl groups is 1. The predicted octanol–water partition coefficient (Wildman–Crippen LogP) is 1.93. The van der Waals surface area contributed by atoms with E-state index in [1.165, 1.54) is 27.3 Å². The summed E-state index contributed by atoms with van der Waals surface area (Å²) in [6.07, 6.45) is 1.62. The number of phenols is 1. The maximum absolute atomic E-state index is 11.5. The number of rotatable bonds is 8. The fourth-order valence-corrected chi connectivity index (χ4v) is 3.77. The molecule has 3 unspecified atom stereocenters. The van der Waals surface area contributed by atoms with Crippen molar-refractivity contribution in [3.05, 3.63) is 36.4 Å². The zero-order valence-corrected chi connectivity index (χ0v) is 18.9. The van der Waals surface area contributed by atoms with Crippen molar-refractivity contribution in [2.24, 2.45) is 0 Å². The van der Waals surface area contributed by atoms with Gasteiger partial charge in [0.05, 0.1) is 13.4 Å². The average molecular weight is 471 g/mol. The molecule has 0 amide bonds. The van der Waals surface area contributed by atoms with Gasteiger partial charge in [-0.3, -0.25) is 14.2 Å². The first kappa shape index (κ1) is 23.2. The minimum absolute atomic E-state index is 0.0334. The Morgan fingerprint density at radius 2 is 2.06 bits per heavy atom. The van der Waals surface area contributed by atoms with Crippen molar-refractivity contribution in [3.63, 3.8) is 0 Å². The van der Waals surface area contributed by atoms with Crippen LogP contribution in [-0.4, -0.2) is 62.5 Å². The Labute approximate surface area is 194 Å². The third-order valence-electron chi connectivity index (χ3n) is 5.32. The minimum Gasteiger partial charge on any atom is -0.504 e. The van der Waals surface area contributed by atoms with E-state index in [1.807, 2.05) is 0 Å². The smallest absolute Gasteiger partial charge is 0.303 e. The second-order valence-electron chi connectivity index (χ2n) is 7.72. The highest BCUT2D eigenvalue weighted by molar-refractivity contribution is 5.82. The predicted molar refractivity (Wildman–Crippen MR) is 118 cm³/mol. The Morgan fingerprint density at radius 1 is 1.24 bits per heavy atom. The average Bonchev–Trinajstić information content (AvgIpc) is 3.40. The number of aromatic nitrogens is 4. The highest BCUT2D eigenvalue weighted by Gasteiger charge is 2.40. The number of imidazole rings is 1. The number of nitrogens with one attached hydrogen (secondary N) is 1. The summed E-state index contributed by atoms with van der Waals surface area (Å²) >= 11 is 0. The van der Waals surface area contributed by atoms with E-state index in [4.69, 9.17) is 18.9 Å². The Bertz CT molecular complexity index is 1200. The van der Waals surface area contributed by atoms with Gasteiger partial charge in [0.2, 0.25) is 0 Å². The molecule has 12 nitrogen and oxygen atoms in total. The summed E-state index contributed by atoms with van der Waals surface area (Å²) in [4.78, 5) is 35.8. The lowest BCUT2D eigenvalue weighted by molar-refractivity contribution is -0.155. The van der Waals surface area contributed by atoms with Gasteiger partial charge in [-0.1, -0.05) is 6.07 Å². The molecular formula is C22H25N5O7. The molecule has 0 saturated carbocycles. The molecule has 3 atom stereocenters. The summed E-state index contributed by atoms with van der Waals surface area (Å²) < 4.78 is 23.4. The molecule has 2 aromatic heterocycles. The topological polar surface area (TPSA) is 147 Å². The minimum atomic E-state index is -0.612. The standard InChI is InChI=1S/C22H25N5O7/c1-12(28)32-9-18-17(33-13(2)29)7-19(34-18)27-11-26-20-21(24-10-25-22(20)27)23-8-14-4-5-15(30)16(6-14)31-3/h4-6,10-11,17-19,30H,7-9H2,1-3H3,(H,23,24,25). The van der Waals surface area contributed by atoms with Gasteiger partial charge >= 0.3 is 11.9 Å². The summed E-state index contributed by atoms with van der Waals surface area (Å²) in [5, 5.41) is 13.0. The first-order chi connectivity index (χ1) is 16.4. The van der Waals surface area contributed by atoms with Crippen LogP contribution in [0.2, 0.25) is 0 Å². The number of carbonyl (C=O) groups is 2. The van der Waals surface area contributed by atoms with Gasteiger partial charge in [-0.05, 0) is 17.7 Å². The number of benzene rings is 1. The van der Waals surface area contributed by atoms with Crippen LogP contribution >= 0.6 is 0 Å². The van der Waals surface area contributed by atoms with Crippen molar-refractivity contribution < 1.29 is 33.6 Å². The third kappa shape index (κ3) is 5.01. The molecule has 3 heterocycles. The van der Waals surface area contributed by atoms with E-state index in [9.17, 15) is 14.7 Å². The molecule has 34 heavy (non-hydrogen) atoms. The van der Waals surface area contributed by atoms with Crippen molar-refractivity contribution >= 4 is 28.9 Å². The molecular weight excluding hydrogens is 446 g/mol. The number of methoxy groups -OCH3 is 1. The molecule has 0 bridgehead atoms. The molecule has 1 aliphatic heterocycles. The fraction of sp³-hybridized carbons (Fsp3) is 0.409. The molecule has 1 aliphatic rings. The number of hydrogen-bond acceptors (Lipinski definition) is 11. The maximum atomic E-state index is 11.5. The first-order valence-corrected chi connectivity index (χ1v) is 10.6. The van der Waals surface area contributed by atoms with Gasteiger partial charge in [-0.2, -0.15) is 0 Å². The summed E-state index contributed by atoms with van der Waals surface area (Å²) in [6.45, 7) is 3.00. The van der Waals surface area contributed by atoms with Gasteiger partial charge in [-0.25, -0.2) is 15.0 Å². The Kier molecular flexibility index (Phi) is 6.77. The number of carbonyl (C=O) groups excluding carboxylic acids is 2. The van der Waals surface area contributed by atoms with Gasteiger partial charge in [0.15, 0.2) is 28.5 Å². The number of nitrogens with zero attached hydrogens (tertiary/aromatic N) is 4. The highest BCUT2D eigenvalue weighted by Crippen LogP contribution is 2.34. The zero-order chi connectivity index (χ0) is 24.2. The largest absolute Gasteiger partial charge is 0.504 e. The van der Waals surface area contributed by atoms with E-state index in [2.05, 4.69) is 20.3 Å². The summed E-state index contributed by atoms with van der Waals surface area (Å²) in [6, 6.07) is 5.06. The van der Waals surface area contributed by atoms with Crippen molar-refractivity contribution in [1.82, 2.24) is 19.5 Å². The Hall–Kier alpha value is -3.93. The van der Waals surface area contributed by atoms with Crippen LogP contribution in [0.4, 0.5) is 5.82 Å². The summed E-state index contributed by atoms with van der Waals surface area (Å²) in [5.41, 5.74) is 1.93. The van der Waals surface area contributed by atoms with Crippen LogP contribution in [0, 0.1) is 0 Å². The van der Waals surface area contributed by atoms with Crippen LogP contribution in [0.3, 0.4) is 0 Å². The van der Waals surface area contributed by atoms with Crippen LogP contribution in [0.15, 0.2) is 30.9 Å². The Morgan fingerprint density at radius 3 is 2.79 bits per heavy atom. The third-order valence-corrected chi connectivity index (χ3v) is 5.32. The van der Waals surface area contributed by atoms with E-state index in [0.717, 1.165) is 5.56 Å². The van der Waals surface area contributed by atoms with Crippen LogP contribution in [0.1, 0.15) is 32.1 Å². The van der Waals surface area contributed by atoms with Crippen molar-refractivity contribution in [3.8, 4) is 11.5 Å². The van der Waals surface area contributed by atoms with Gasteiger partial charge in [0, 0.05) is 26.8 Å². The van der Waals surface area contributed by atoms with Gasteiger partial charge < -0.3 is 29.4 Å². The molecule has 0 aliphatic carbocycles. The number of ether oxygens (including phenoxy) is 4. The number of fused-ring (bicyclic) bond motifs is 1. The van der Waals surface area contributed by atoms with E-state index in [0.29, 0.717) is 35.7 Å². The molecule has 1 saturated heterocycles. The molecule has 1 fully saturated rings. The molecule has 2 N–H and O–H groups in total. The normalized spacial score (nSPS) is 19.7. The van der Waals surface area contributed by atoms with Crippen LogP contribution in [0.5, 0.6) is 11.5 Å². The van der Waals surface area contributed by atoms with E-state index < -0.39 is 30.4 Å². The molecule has 180 valence electrons. The molecule has 0 spiro atoms. The van der Waals surface area contributed by atoms with Crippen molar-refractivity contribution in [2.45, 2.75) is 45.2 Å². The molecule has 4 rings (SSSR count). The number of hydrogen-bond donors (Lipinski definition) is 2. The monoisotopic (exact) mass is 471 g/mol. The van der Waals surface area contributed by atoms with Crippen LogP contribution in [-0.2, 0) is 30.3 Å². The molecule has 3 aromatic rings. The second kappa shape index (κ2) is 9.91. The number of phenolic OH excluding ortho intramolecular Hbond substituents is 1. The SMILES string of the molecule is COc1cc(CNc2ncnc3c2ncn3C2CC(OC(C)=O)C(COC(C)=O)O2)ccc1O. The van der Waals surface area contributed by atoms with Crippen LogP contribution in [0.25, 0.3) is 11.2 Å². The van der Waals surface area contributed by atoms with Crippen molar-refractivity contribution in [1.29, 1.82) is 0 Å². The van der Waals surface area contributed by atoms with Gasteiger partial charge in [0.1, 0.15) is 31.4 Å². The van der Waals surface area contributed by atoms with Crippen molar-refractivity contribution in [2.75, 3.05) is 19.0 Å². The summed E-state index contributed by atoms with van der Waals surface area (Å²) in [7, 11) is 1.49. The highest BCUT2D eigenvalue weighted by atomic mass is 16.6. The molecule has 1 aromatic carbocycles.